The summed E-state index contributed by atoms with van der Waals surface area (Å²) in [6.07, 6.45) is -7.09. The number of ether oxygens (including phenoxy) is 6. The fourth-order valence-corrected chi connectivity index (χ4v) is 10.1. The number of fused-ring (bicyclic) bond motifs is 3. The van der Waals surface area contributed by atoms with Crippen LogP contribution in [0.4, 0.5) is 9.18 Å². The Hall–Kier alpha value is -5.10. The van der Waals surface area contributed by atoms with E-state index in [1.165, 1.54) is 32.2 Å². The number of thioether (sulfide) groups is 2. The van der Waals surface area contributed by atoms with Gasteiger partial charge in [0.25, 0.3) is 0 Å². The number of phenols is 1. The summed E-state index contributed by atoms with van der Waals surface area (Å²) in [6.45, 7) is 8.41. The molecule has 364 valence electrons. The average Bonchev–Trinajstić information content (AvgIpc) is 3.67. The number of nitrogens with zero attached hydrogens (tertiary/aromatic N) is 1. The number of alkyl carbamates (subject to hydrolysis) is 1. The van der Waals surface area contributed by atoms with Crippen molar-refractivity contribution in [2.45, 2.75) is 113 Å². The number of amides is 1. The zero-order chi connectivity index (χ0) is 49.4. The Morgan fingerprint density at radius 1 is 1.18 bits per heavy atom. The fraction of sp³-hybridized carbons (Fsp3) is 0.479. The van der Waals surface area contributed by atoms with Gasteiger partial charge in [-0.15, -0.1) is 11.8 Å². The summed E-state index contributed by atoms with van der Waals surface area (Å²) in [5.74, 6) is 7.71. The standard InChI is InChI=1S/C48H55FN4O13S2/c1-9-11-27(49)12-10-13-36(39-30(17-19-68-26(5)54)34(56)21-35(57)41(39)53-47(60)62-7)65-46-43(66-38-22-37(61-6)33(23-63-38)51-24(2)3)45(59)48(67-8,25(4)64-46)44(58)42-40-29(16-18-50-42)31-20-28(55)14-15-32(31)52-40/h12,14-18,20,24-25,33-34,36-38,43,45-46,51-52,55-56,59H,19,21-23H2,1-8H3,(H,53,60)/b27-12+,30-17-/t25?,33?,34-,36-,37?,38?,43?,45?,46?,48?/m0/s1. The van der Waals surface area contributed by atoms with E-state index < -0.39 is 83.9 Å². The fourth-order valence-electron chi connectivity index (χ4n) is 8.56. The number of benzene rings is 1. The second-order valence-corrected chi connectivity index (χ2v) is 18.6. The second-order valence-electron chi connectivity index (χ2n) is 16.3. The van der Waals surface area contributed by atoms with Gasteiger partial charge in [-0.25, -0.2) is 4.79 Å². The van der Waals surface area contributed by atoms with Crippen LogP contribution >= 0.6 is 23.5 Å². The van der Waals surface area contributed by atoms with Gasteiger partial charge in [-0.05, 0) is 55.9 Å². The first-order valence-electron chi connectivity index (χ1n) is 21.7. The summed E-state index contributed by atoms with van der Waals surface area (Å²) in [7, 11) is 2.63. The zero-order valence-electron chi connectivity index (χ0n) is 38.7. The van der Waals surface area contributed by atoms with E-state index in [0.717, 1.165) is 36.7 Å². The Kier molecular flexibility index (Phi) is 17.7. The van der Waals surface area contributed by atoms with Gasteiger partial charge in [0.1, 0.15) is 34.5 Å². The molecule has 0 spiro atoms. The average molecular weight is 979 g/mol. The van der Waals surface area contributed by atoms with Gasteiger partial charge in [0, 0.05) is 72.8 Å². The predicted molar refractivity (Wildman–Crippen MR) is 253 cm³/mol. The van der Waals surface area contributed by atoms with Crippen molar-refractivity contribution in [3.63, 3.8) is 0 Å². The highest BCUT2D eigenvalue weighted by Crippen LogP contribution is 2.46. The van der Waals surface area contributed by atoms with E-state index in [2.05, 4.69) is 44.3 Å². The van der Waals surface area contributed by atoms with E-state index in [4.69, 9.17) is 28.4 Å². The van der Waals surface area contributed by atoms with Crippen LogP contribution in [-0.4, -0.2) is 147 Å². The van der Waals surface area contributed by atoms with Crippen molar-refractivity contribution in [1.29, 1.82) is 0 Å². The first-order chi connectivity index (χ1) is 32.5. The quantitative estimate of drug-likeness (QED) is 0.0945. The van der Waals surface area contributed by atoms with Crippen LogP contribution in [-0.2, 0) is 38.0 Å². The van der Waals surface area contributed by atoms with Crippen molar-refractivity contribution in [1.82, 2.24) is 20.6 Å². The Labute approximate surface area is 401 Å². The molecule has 2 aliphatic heterocycles. The number of pyridine rings is 1. The molecule has 1 amide bonds. The Bertz CT molecular complexity index is 2630. The van der Waals surface area contributed by atoms with Crippen LogP contribution in [0.5, 0.6) is 5.75 Å². The number of H-pyrrole nitrogens is 1. The molecule has 10 atom stereocenters. The molecule has 4 heterocycles. The summed E-state index contributed by atoms with van der Waals surface area (Å²) in [5.41, 5.74) is 0.373. The maximum atomic E-state index is 15.3. The smallest absolute Gasteiger partial charge is 0.411 e. The van der Waals surface area contributed by atoms with Crippen LogP contribution in [0.3, 0.4) is 0 Å². The molecule has 20 heteroatoms. The number of allylic oxidation sites excluding steroid dienone is 3. The van der Waals surface area contributed by atoms with E-state index in [9.17, 15) is 34.1 Å². The minimum Gasteiger partial charge on any atom is -0.508 e. The SMILES string of the molecule is CC#C/C(F)=C\C#C[C@H](OC1OC(C)C(SC)(C(=O)c2nccc3c2[nH]c2ccc(O)cc23)C(O)C1OC1CC(OC)C(NC(C)C)CO1)C1=C(NC(=O)OC)C(=O)C[C@H](O)/C1=C/CSC(C)=O. The predicted octanol–water partition coefficient (Wildman–Crippen LogP) is 4.74. The number of carbonyl (C=O) groups is 4. The molecule has 3 aromatic rings. The molecule has 1 aliphatic carbocycles. The highest BCUT2D eigenvalue weighted by Gasteiger charge is 2.61. The summed E-state index contributed by atoms with van der Waals surface area (Å²) < 4.78 is 49.8. The molecule has 2 saturated heterocycles. The van der Waals surface area contributed by atoms with Crippen molar-refractivity contribution in [2.75, 3.05) is 32.8 Å². The molecule has 2 fully saturated rings. The summed E-state index contributed by atoms with van der Waals surface area (Å²) in [4.78, 5) is 61.7. The number of aromatic amines is 1. The molecule has 6 N–H and O–H groups in total. The molecule has 17 nitrogen and oxygen atoms in total. The Morgan fingerprint density at radius 2 is 1.94 bits per heavy atom. The van der Waals surface area contributed by atoms with Gasteiger partial charge < -0.3 is 54.0 Å². The van der Waals surface area contributed by atoms with Gasteiger partial charge >= 0.3 is 6.09 Å². The summed E-state index contributed by atoms with van der Waals surface area (Å²) in [6, 6.07) is 6.26. The number of Topliss-reactive ketones (excluding diaryl/α,β-unsaturated/α-hetero) is 2. The van der Waals surface area contributed by atoms with Crippen molar-refractivity contribution in [2.24, 2.45) is 0 Å². The zero-order valence-corrected chi connectivity index (χ0v) is 40.3. The number of hydrogen-bond acceptors (Lipinski definition) is 17. The van der Waals surface area contributed by atoms with Crippen LogP contribution < -0.4 is 10.6 Å². The molecule has 3 aliphatic rings. The lowest BCUT2D eigenvalue weighted by Crippen LogP contribution is -2.68. The van der Waals surface area contributed by atoms with Crippen molar-refractivity contribution in [3.8, 4) is 29.4 Å². The molecule has 6 rings (SSSR count). The number of aromatic nitrogens is 2. The van der Waals surface area contributed by atoms with E-state index in [0.29, 0.717) is 21.8 Å². The first kappa shape index (κ1) is 52.3. The Balaban J connectivity index is 1.52. The number of ketones is 2. The monoisotopic (exact) mass is 978 g/mol. The number of rotatable bonds is 14. The van der Waals surface area contributed by atoms with E-state index in [-0.39, 0.29) is 64.3 Å². The van der Waals surface area contributed by atoms with Gasteiger partial charge in [0.15, 0.2) is 29.3 Å². The van der Waals surface area contributed by atoms with E-state index >= 15 is 4.79 Å². The van der Waals surface area contributed by atoms with Gasteiger partial charge in [-0.2, -0.15) is 4.39 Å². The highest BCUT2D eigenvalue weighted by atomic mass is 32.2. The molecule has 1 aromatic carbocycles. The third-order valence-corrected chi connectivity index (χ3v) is 13.8. The molecular weight excluding hydrogens is 924 g/mol. The molecular formula is C48H55FN4O13S2. The van der Waals surface area contributed by atoms with Crippen LogP contribution in [0.2, 0.25) is 0 Å². The number of carbonyl (C=O) groups excluding carboxylic acids is 4. The lowest BCUT2D eigenvalue weighted by molar-refractivity contribution is -0.323. The summed E-state index contributed by atoms with van der Waals surface area (Å²) >= 11 is 1.89. The van der Waals surface area contributed by atoms with Crippen LogP contribution in [0, 0.1) is 23.7 Å². The largest absolute Gasteiger partial charge is 0.508 e. The third-order valence-electron chi connectivity index (χ3n) is 11.7. The van der Waals surface area contributed by atoms with E-state index in [1.807, 2.05) is 13.8 Å². The van der Waals surface area contributed by atoms with Crippen LogP contribution in [0.1, 0.15) is 57.9 Å². The Morgan fingerprint density at radius 3 is 2.62 bits per heavy atom. The van der Waals surface area contributed by atoms with E-state index in [1.54, 1.807) is 38.5 Å². The van der Waals surface area contributed by atoms with Crippen LogP contribution in [0.15, 0.2) is 65.3 Å². The number of phenolic OH excluding ortho intramolecular Hbond substituents is 1. The summed E-state index contributed by atoms with van der Waals surface area (Å²) in [5, 5.41) is 41.5. The second kappa shape index (κ2) is 23.0. The van der Waals surface area contributed by atoms with Gasteiger partial charge in [-0.3, -0.25) is 24.7 Å². The van der Waals surface area contributed by atoms with Gasteiger partial charge in [0.2, 0.25) is 5.78 Å². The van der Waals surface area contributed by atoms with Crippen molar-refractivity contribution in [3.05, 3.63) is 71.0 Å². The number of halogens is 1. The molecule has 68 heavy (non-hydrogen) atoms. The maximum Gasteiger partial charge on any atom is 0.411 e. The van der Waals surface area contributed by atoms with Gasteiger partial charge in [-0.1, -0.05) is 49.4 Å². The molecule has 2 aromatic heterocycles. The molecule has 8 unspecified atom stereocenters. The lowest BCUT2D eigenvalue weighted by atomic mass is 9.82. The molecule has 0 bridgehead atoms. The lowest BCUT2D eigenvalue weighted by Gasteiger charge is -2.51. The minimum absolute atomic E-state index is 0.0100. The molecule has 0 saturated carbocycles. The number of aliphatic hydroxyl groups is 2. The van der Waals surface area contributed by atoms with Crippen molar-refractivity contribution >= 4 is 68.1 Å². The number of aromatic hydroxyl groups is 1. The number of aliphatic hydroxyl groups excluding tert-OH is 2. The number of nitrogens with one attached hydrogen (secondary N) is 3. The maximum absolute atomic E-state index is 15.3. The topological polar surface area (TPSA) is 237 Å². The van der Waals surface area contributed by atoms with Gasteiger partial charge in [0.05, 0.1) is 49.3 Å². The molecule has 0 radical (unpaired) electrons. The normalized spacial score (nSPS) is 27.7. The highest BCUT2D eigenvalue weighted by molar-refractivity contribution is 8.13. The van der Waals surface area contributed by atoms with Crippen LogP contribution in [0.25, 0.3) is 21.8 Å². The van der Waals surface area contributed by atoms with Crippen molar-refractivity contribution < 1.29 is 67.3 Å². The minimum atomic E-state index is -1.88. The third kappa shape index (κ3) is 11.3. The number of methoxy groups -OCH3 is 2. The first-order valence-corrected chi connectivity index (χ1v) is 23.9. The number of hydrogen-bond donors (Lipinski definition) is 6.